The summed E-state index contributed by atoms with van der Waals surface area (Å²) in [6, 6.07) is 4.11. The van der Waals surface area contributed by atoms with Crippen molar-refractivity contribution in [2.24, 2.45) is 0 Å². The molecule has 0 spiro atoms. The van der Waals surface area contributed by atoms with Crippen molar-refractivity contribution in [3.63, 3.8) is 0 Å². The summed E-state index contributed by atoms with van der Waals surface area (Å²) in [6.07, 6.45) is 9.12. The Labute approximate surface area is 72.5 Å². The maximum Gasteiger partial charge on any atom is 0.0273 e. The summed E-state index contributed by atoms with van der Waals surface area (Å²) < 4.78 is 0. The van der Waals surface area contributed by atoms with E-state index < -0.39 is 0 Å². The van der Waals surface area contributed by atoms with Gasteiger partial charge in [-0.05, 0) is 36.6 Å². The van der Waals surface area contributed by atoms with Gasteiger partial charge in [-0.3, -0.25) is 4.98 Å². The van der Waals surface area contributed by atoms with Gasteiger partial charge in [-0.15, -0.1) is 0 Å². The first kappa shape index (κ1) is 7.29. The molecule has 0 saturated carbocycles. The number of aromatic nitrogens is 1. The zero-order chi connectivity index (χ0) is 8.39. The molecule has 0 radical (unpaired) electrons. The van der Waals surface area contributed by atoms with E-state index in [1.807, 2.05) is 12.4 Å². The minimum Gasteiger partial charge on any atom is -0.265 e. The lowest BCUT2D eigenvalue weighted by Gasteiger charge is -2.00. The molecule has 1 nitrogen and oxygen atoms in total. The number of allylic oxidation sites excluding steroid dienone is 4. The van der Waals surface area contributed by atoms with Crippen LogP contribution in [-0.2, 0) is 0 Å². The molecule has 1 aromatic heterocycles. The first-order valence-corrected chi connectivity index (χ1v) is 4.13. The highest BCUT2D eigenvalue weighted by Gasteiger charge is 2.05. The van der Waals surface area contributed by atoms with Gasteiger partial charge < -0.3 is 0 Å². The second kappa shape index (κ2) is 2.94. The fourth-order valence-corrected chi connectivity index (χ4v) is 1.43. The van der Waals surface area contributed by atoms with Crippen LogP contribution in [0.2, 0.25) is 0 Å². The molecule has 1 aliphatic rings. The summed E-state index contributed by atoms with van der Waals surface area (Å²) in [7, 11) is 0. The summed E-state index contributed by atoms with van der Waals surface area (Å²) in [5.41, 5.74) is 4.12. The monoisotopic (exact) mass is 157 g/mol. The van der Waals surface area contributed by atoms with Crippen LogP contribution in [0, 0.1) is 0 Å². The molecule has 0 N–H and O–H groups in total. The highest BCUT2D eigenvalue weighted by Crippen LogP contribution is 2.26. The minimum atomic E-state index is 1.09. The molecule has 1 aromatic rings. The number of nitrogens with zero attached hydrogens (tertiary/aromatic N) is 1. The van der Waals surface area contributed by atoms with Gasteiger partial charge in [-0.1, -0.05) is 17.7 Å². The Morgan fingerprint density at radius 2 is 1.92 bits per heavy atom. The smallest absolute Gasteiger partial charge is 0.0273 e. The van der Waals surface area contributed by atoms with Crippen molar-refractivity contribution in [3.05, 3.63) is 47.8 Å². The molecular formula is C11H11N. The van der Waals surface area contributed by atoms with Crippen LogP contribution in [0.25, 0.3) is 5.57 Å². The van der Waals surface area contributed by atoms with Crippen molar-refractivity contribution in [1.29, 1.82) is 0 Å². The van der Waals surface area contributed by atoms with E-state index in [4.69, 9.17) is 0 Å². The van der Waals surface area contributed by atoms with Crippen LogP contribution < -0.4 is 0 Å². The van der Waals surface area contributed by atoms with Gasteiger partial charge in [-0.25, -0.2) is 0 Å². The molecule has 1 aliphatic carbocycles. The molecule has 0 amide bonds. The highest BCUT2D eigenvalue weighted by molar-refractivity contribution is 5.71. The maximum absolute atomic E-state index is 3.99. The summed E-state index contributed by atoms with van der Waals surface area (Å²) in [5.74, 6) is 0. The summed E-state index contributed by atoms with van der Waals surface area (Å²) in [5, 5.41) is 0. The van der Waals surface area contributed by atoms with Crippen LogP contribution in [0.3, 0.4) is 0 Å². The molecule has 0 aromatic carbocycles. The highest BCUT2D eigenvalue weighted by atomic mass is 14.6. The summed E-state index contributed by atoms with van der Waals surface area (Å²) >= 11 is 0. The van der Waals surface area contributed by atoms with Gasteiger partial charge in [-0.2, -0.15) is 0 Å². The molecule has 2 rings (SSSR count). The fraction of sp³-hybridized carbons (Fsp3) is 0.182. The van der Waals surface area contributed by atoms with Crippen LogP contribution >= 0.6 is 0 Å². The standard InChI is InChI=1S/C11H11N/c1-9-2-3-11(8-9)10-4-6-12-7-5-10/h2-7H,8H2,1H3. The molecule has 0 saturated heterocycles. The van der Waals surface area contributed by atoms with E-state index in [9.17, 15) is 0 Å². The lowest BCUT2D eigenvalue weighted by Crippen LogP contribution is -1.81. The van der Waals surface area contributed by atoms with Gasteiger partial charge in [0.25, 0.3) is 0 Å². The first-order chi connectivity index (χ1) is 5.86. The average molecular weight is 157 g/mol. The van der Waals surface area contributed by atoms with Gasteiger partial charge in [0.2, 0.25) is 0 Å². The van der Waals surface area contributed by atoms with Crippen LogP contribution in [0.15, 0.2) is 42.3 Å². The number of hydrogen-bond acceptors (Lipinski definition) is 1. The Morgan fingerprint density at radius 1 is 1.17 bits per heavy atom. The third kappa shape index (κ3) is 1.30. The Morgan fingerprint density at radius 3 is 2.50 bits per heavy atom. The van der Waals surface area contributed by atoms with Crippen molar-refractivity contribution in [1.82, 2.24) is 4.98 Å². The fourth-order valence-electron chi connectivity index (χ4n) is 1.43. The van der Waals surface area contributed by atoms with Gasteiger partial charge in [0, 0.05) is 12.4 Å². The second-order valence-electron chi connectivity index (χ2n) is 3.12. The molecule has 12 heavy (non-hydrogen) atoms. The maximum atomic E-state index is 3.99. The van der Waals surface area contributed by atoms with Gasteiger partial charge in [0.05, 0.1) is 0 Å². The zero-order valence-corrected chi connectivity index (χ0v) is 7.12. The van der Waals surface area contributed by atoms with E-state index >= 15 is 0 Å². The Bertz CT molecular complexity index is 333. The van der Waals surface area contributed by atoms with E-state index in [0.29, 0.717) is 0 Å². The van der Waals surface area contributed by atoms with E-state index in [1.54, 1.807) is 0 Å². The number of rotatable bonds is 1. The van der Waals surface area contributed by atoms with Crippen LogP contribution in [0.4, 0.5) is 0 Å². The average Bonchev–Trinajstić information content (AvgIpc) is 2.54. The molecule has 60 valence electrons. The third-order valence-electron chi connectivity index (χ3n) is 2.09. The van der Waals surface area contributed by atoms with E-state index in [-0.39, 0.29) is 0 Å². The van der Waals surface area contributed by atoms with Crippen molar-refractivity contribution in [3.8, 4) is 0 Å². The first-order valence-electron chi connectivity index (χ1n) is 4.13. The number of pyridine rings is 1. The predicted molar refractivity (Wildman–Crippen MR) is 50.6 cm³/mol. The van der Waals surface area contributed by atoms with Gasteiger partial charge in [0.15, 0.2) is 0 Å². The largest absolute Gasteiger partial charge is 0.265 e. The molecule has 0 fully saturated rings. The number of hydrogen-bond donors (Lipinski definition) is 0. The lowest BCUT2D eigenvalue weighted by molar-refractivity contribution is 1.24. The molecule has 1 heteroatoms. The molecule has 1 heterocycles. The van der Waals surface area contributed by atoms with Crippen LogP contribution in [0.1, 0.15) is 18.9 Å². The molecule has 0 aliphatic heterocycles. The Kier molecular flexibility index (Phi) is 1.78. The molecular weight excluding hydrogens is 146 g/mol. The topological polar surface area (TPSA) is 12.9 Å². The lowest BCUT2D eigenvalue weighted by atomic mass is 10.1. The molecule has 0 atom stereocenters. The van der Waals surface area contributed by atoms with Crippen molar-refractivity contribution < 1.29 is 0 Å². The zero-order valence-electron chi connectivity index (χ0n) is 7.12. The minimum absolute atomic E-state index is 1.09. The summed E-state index contributed by atoms with van der Waals surface area (Å²) in [6.45, 7) is 2.16. The van der Waals surface area contributed by atoms with Crippen LogP contribution in [-0.4, -0.2) is 4.98 Å². The normalized spacial score (nSPS) is 15.8. The SMILES string of the molecule is CC1=CC=C(c2ccncc2)C1. The predicted octanol–water partition coefficient (Wildman–Crippen LogP) is 2.82. The van der Waals surface area contributed by atoms with Crippen molar-refractivity contribution >= 4 is 5.57 Å². The Hall–Kier alpha value is -1.37. The van der Waals surface area contributed by atoms with Gasteiger partial charge >= 0.3 is 0 Å². The van der Waals surface area contributed by atoms with E-state index in [1.165, 1.54) is 16.7 Å². The van der Waals surface area contributed by atoms with Crippen molar-refractivity contribution in [2.75, 3.05) is 0 Å². The molecule has 0 bridgehead atoms. The Balaban J connectivity index is 2.25. The third-order valence-corrected chi connectivity index (χ3v) is 2.09. The second-order valence-corrected chi connectivity index (χ2v) is 3.12. The van der Waals surface area contributed by atoms with E-state index in [2.05, 4.69) is 36.2 Å². The quantitative estimate of drug-likeness (QED) is 0.610. The van der Waals surface area contributed by atoms with Gasteiger partial charge in [0.1, 0.15) is 0 Å². The van der Waals surface area contributed by atoms with Crippen LogP contribution in [0.5, 0.6) is 0 Å². The van der Waals surface area contributed by atoms with E-state index in [0.717, 1.165) is 6.42 Å². The van der Waals surface area contributed by atoms with Crippen molar-refractivity contribution in [2.45, 2.75) is 13.3 Å². The molecule has 0 unspecified atom stereocenters. The summed E-state index contributed by atoms with van der Waals surface area (Å²) in [4.78, 5) is 3.99.